The Kier molecular flexibility index (Phi) is 6.76. The van der Waals surface area contributed by atoms with Crippen molar-refractivity contribution in [3.8, 4) is 11.5 Å². The minimum absolute atomic E-state index is 0.127. The lowest BCUT2D eigenvalue weighted by molar-refractivity contribution is -0.132. The van der Waals surface area contributed by atoms with Crippen molar-refractivity contribution in [2.75, 3.05) is 13.1 Å². The standard InChI is InChI=1S/C25H32N2O4/c1-17(25(29)26-21-11-5-6-12-22(21)27-15-7-8-16-27)30-24-20-10-4-3-9-19(20)13-14-23(24)31-18(2)28/h3-4,9-10,13-14,17,21-22H,5-8,11-12,15-16H2,1-2H3,(H,26,29). The van der Waals surface area contributed by atoms with Crippen LogP contribution in [0.25, 0.3) is 10.8 Å². The molecule has 1 saturated heterocycles. The monoisotopic (exact) mass is 424 g/mol. The zero-order valence-electron chi connectivity index (χ0n) is 18.4. The Morgan fingerprint density at radius 3 is 2.55 bits per heavy atom. The molecule has 6 heteroatoms. The summed E-state index contributed by atoms with van der Waals surface area (Å²) in [5.41, 5.74) is 0. The maximum atomic E-state index is 13.1. The van der Waals surface area contributed by atoms with Crippen molar-refractivity contribution in [2.24, 2.45) is 0 Å². The number of esters is 1. The van der Waals surface area contributed by atoms with Crippen molar-refractivity contribution in [1.82, 2.24) is 10.2 Å². The van der Waals surface area contributed by atoms with Gasteiger partial charge >= 0.3 is 5.97 Å². The first-order valence-corrected chi connectivity index (χ1v) is 11.4. The van der Waals surface area contributed by atoms with Gasteiger partial charge in [0.1, 0.15) is 0 Å². The molecule has 2 aromatic carbocycles. The zero-order valence-corrected chi connectivity index (χ0v) is 18.4. The molecule has 2 fully saturated rings. The molecule has 6 nitrogen and oxygen atoms in total. The van der Waals surface area contributed by atoms with Gasteiger partial charge in [-0.05, 0) is 57.1 Å². The summed E-state index contributed by atoms with van der Waals surface area (Å²) < 4.78 is 11.5. The topological polar surface area (TPSA) is 67.9 Å². The average molecular weight is 425 g/mol. The van der Waals surface area contributed by atoms with Crippen LogP contribution in [0.15, 0.2) is 36.4 Å². The lowest BCUT2D eigenvalue weighted by Crippen LogP contribution is -2.54. The summed E-state index contributed by atoms with van der Waals surface area (Å²) in [6, 6.07) is 11.9. The predicted octanol–water partition coefficient (Wildman–Crippen LogP) is 4.06. The van der Waals surface area contributed by atoms with Crippen LogP contribution in [-0.4, -0.2) is 48.1 Å². The van der Waals surface area contributed by atoms with Crippen LogP contribution in [-0.2, 0) is 9.59 Å². The van der Waals surface area contributed by atoms with E-state index in [1.807, 2.05) is 30.3 Å². The van der Waals surface area contributed by atoms with E-state index in [2.05, 4.69) is 10.2 Å². The minimum atomic E-state index is -0.707. The number of nitrogens with zero attached hydrogens (tertiary/aromatic N) is 1. The third kappa shape index (κ3) is 5.01. The van der Waals surface area contributed by atoms with Crippen molar-refractivity contribution in [3.05, 3.63) is 36.4 Å². The van der Waals surface area contributed by atoms with Gasteiger partial charge in [-0.2, -0.15) is 0 Å². The van der Waals surface area contributed by atoms with Crippen molar-refractivity contribution in [2.45, 2.75) is 70.6 Å². The predicted molar refractivity (Wildman–Crippen MR) is 120 cm³/mol. The molecular formula is C25H32N2O4. The molecule has 0 bridgehead atoms. The van der Waals surface area contributed by atoms with Gasteiger partial charge in [0.15, 0.2) is 17.6 Å². The summed E-state index contributed by atoms with van der Waals surface area (Å²) >= 11 is 0. The normalized spacial score (nSPS) is 22.8. The molecule has 1 aliphatic heterocycles. The number of hydrogen-bond acceptors (Lipinski definition) is 5. The second kappa shape index (κ2) is 9.69. The average Bonchev–Trinajstić information content (AvgIpc) is 3.30. The van der Waals surface area contributed by atoms with E-state index < -0.39 is 12.1 Å². The Hall–Kier alpha value is -2.60. The van der Waals surface area contributed by atoms with E-state index >= 15 is 0 Å². The minimum Gasteiger partial charge on any atom is -0.476 e. The van der Waals surface area contributed by atoms with Gasteiger partial charge in [0.05, 0.1) is 0 Å². The molecule has 1 amide bonds. The van der Waals surface area contributed by atoms with Gasteiger partial charge < -0.3 is 14.8 Å². The lowest BCUT2D eigenvalue weighted by Gasteiger charge is -2.38. The van der Waals surface area contributed by atoms with Crippen LogP contribution in [0.3, 0.4) is 0 Å². The van der Waals surface area contributed by atoms with Crippen LogP contribution >= 0.6 is 0 Å². The number of carbonyl (C=O) groups excluding carboxylic acids is 2. The van der Waals surface area contributed by atoms with Crippen molar-refractivity contribution >= 4 is 22.6 Å². The van der Waals surface area contributed by atoms with Crippen molar-refractivity contribution < 1.29 is 19.1 Å². The first kappa shape index (κ1) is 21.6. The molecule has 3 atom stereocenters. The van der Waals surface area contributed by atoms with Crippen LogP contribution in [0.5, 0.6) is 11.5 Å². The third-order valence-electron chi connectivity index (χ3n) is 6.43. The van der Waals surface area contributed by atoms with Crippen molar-refractivity contribution in [1.29, 1.82) is 0 Å². The van der Waals surface area contributed by atoms with Gasteiger partial charge in [0, 0.05) is 24.4 Å². The molecule has 1 saturated carbocycles. The van der Waals surface area contributed by atoms with Gasteiger partial charge in [-0.3, -0.25) is 14.5 Å². The van der Waals surface area contributed by atoms with E-state index in [0.29, 0.717) is 17.5 Å². The summed E-state index contributed by atoms with van der Waals surface area (Å²) in [4.78, 5) is 27.2. The molecule has 1 aliphatic carbocycles. The molecular weight excluding hydrogens is 392 g/mol. The van der Waals surface area contributed by atoms with E-state index in [1.54, 1.807) is 13.0 Å². The van der Waals surface area contributed by atoms with Crippen molar-refractivity contribution in [3.63, 3.8) is 0 Å². The van der Waals surface area contributed by atoms with E-state index in [1.165, 1.54) is 26.2 Å². The number of nitrogens with one attached hydrogen (secondary N) is 1. The van der Waals surface area contributed by atoms with Gasteiger partial charge in [-0.25, -0.2) is 0 Å². The Balaban J connectivity index is 1.50. The molecule has 166 valence electrons. The van der Waals surface area contributed by atoms with Crippen LogP contribution < -0.4 is 14.8 Å². The van der Waals surface area contributed by atoms with E-state index in [9.17, 15) is 9.59 Å². The fourth-order valence-corrected chi connectivity index (χ4v) is 4.90. The number of ether oxygens (including phenoxy) is 2. The van der Waals surface area contributed by atoms with Crippen LogP contribution in [0, 0.1) is 0 Å². The summed E-state index contributed by atoms with van der Waals surface area (Å²) in [6.45, 7) is 5.37. The number of fused-ring (bicyclic) bond motifs is 1. The van der Waals surface area contributed by atoms with Gasteiger partial charge in [-0.1, -0.05) is 43.2 Å². The second-order valence-electron chi connectivity index (χ2n) is 8.68. The highest BCUT2D eigenvalue weighted by Crippen LogP contribution is 2.36. The maximum absolute atomic E-state index is 13.1. The molecule has 2 aliphatic rings. The highest BCUT2D eigenvalue weighted by Gasteiger charge is 2.33. The van der Waals surface area contributed by atoms with Gasteiger partial charge in [0.25, 0.3) is 5.91 Å². The molecule has 1 heterocycles. The van der Waals surface area contributed by atoms with Crippen LogP contribution in [0.4, 0.5) is 0 Å². The molecule has 0 aromatic heterocycles. The Labute approximate surface area is 183 Å². The fraction of sp³-hybridized carbons (Fsp3) is 0.520. The Morgan fingerprint density at radius 2 is 1.77 bits per heavy atom. The summed E-state index contributed by atoms with van der Waals surface area (Å²) in [7, 11) is 0. The van der Waals surface area contributed by atoms with Crippen LogP contribution in [0.1, 0.15) is 52.4 Å². The number of carbonyl (C=O) groups is 2. The number of likely N-dealkylation sites (tertiary alicyclic amines) is 1. The molecule has 0 radical (unpaired) electrons. The second-order valence-corrected chi connectivity index (χ2v) is 8.68. The lowest BCUT2D eigenvalue weighted by atomic mass is 9.89. The van der Waals surface area contributed by atoms with Gasteiger partial charge in [-0.15, -0.1) is 0 Å². The molecule has 31 heavy (non-hydrogen) atoms. The highest BCUT2D eigenvalue weighted by atomic mass is 16.6. The summed E-state index contributed by atoms with van der Waals surface area (Å²) in [6.07, 6.45) is 6.30. The van der Waals surface area contributed by atoms with E-state index in [0.717, 1.165) is 43.1 Å². The molecule has 0 spiro atoms. The van der Waals surface area contributed by atoms with Gasteiger partial charge in [0.2, 0.25) is 0 Å². The first-order valence-electron chi connectivity index (χ1n) is 11.4. The molecule has 4 rings (SSSR count). The quantitative estimate of drug-likeness (QED) is 0.560. The van der Waals surface area contributed by atoms with Crippen LogP contribution in [0.2, 0.25) is 0 Å². The highest BCUT2D eigenvalue weighted by molar-refractivity contribution is 5.92. The summed E-state index contributed by atoms with van der Waals surface area (Å²) in [5.74, 6) is 0.208. The third-order valence-corrected chi connectivity index (χ3v) is 6.43. The molecule has 3 unspecified atom stereocenters. The largest absolute Gasteiger partial charge is 0.476 e. The summed E-state index contributed by atoms with van der Waals surface area (Å²) in [5, 5.41) is 5.03. The SMILES string of the molecule is CC(=O)Oc1ccc2ccccc2c1OC(C)C(=O)NC1CCCCC1N1CCCC1. The smallest absolute Gasteiger partial charge is 0.308 e. The van der Waals surface area contributed by atoms with E-state index in [4.69, 9.17) is 9.47 Å². The zero-order chi connectivity index (χ0) is 21.8. The number of rotatable bonds is 6. The van der Waals surface area contributed by atoms with E-state index in [-0.39, 0.29) is 11.9 Å². The number of hydrogen-bond donors (Lipinski definition) is 1. The molecule has 1 N–H and O–H groups in total. The first-order chi connectivity index (χ1) is 15.0. The maximum Gasteiger partial charge on any atom is 0.308 e. The Morgan fingerprint density at radius 1 is 1.03 bits per heavy atom. The number of amides is 1. The fourth-order valence-electron chi connectivity index (χ4n) is 4.90. The molecule has 2 aromatic rings. The number of benzene rings is 2. The Bertz CT molecular complexity index is 938.